The number of ether oxygens (including phenoxy) is 2. The zero-order valence-corrected chi connectivity index (χ0v) is 23.3. The van der Waals surface area contributed by atoms with Crippen LogP contribution in [0, 0.1) is 0 Å². The number of hydrogen-bond acceptors (Lipinski definition) is 6. The molecule has 0 unspecified atom stereocenters. The molecule has 1 atom stereocenters. The molecule has 0 spiro atoms. The van der Waals surface area contributed by atoms with Gasteiger partial charge in [-0.2, -0.15) is 0 Å². The number of fused-ring (bicyclic) bond motifs is 1. The minimum absolute atomic E-state index is 0.374. The van der Waals surface area contributed by atoms with Crippen molar-refractivity contribution in [1.82, 2.24) is 15.6 Å². The lowest BCUT2D eigenvalue weighted by atomic mass is 10.0. The number of unbranched alkanes of at least 4 members (excludes halogenated alkanes) is 2. The molecule has 0 fully saturated rings. The molecule has 0 aliphatic heterocycles. The molecule has 3 rings (SSSR count). The molecule has 3 aromatic rings. The number of carboxylic acids is 1. The molecule has 9 nitrogen and oxygen atoms in total. The van der Waals surface area contributed by atoms with Gasteiger partial charge in [-0.15, -0.1) is 0 Å². The summed E-state index contributed by atoms with van der Waals surface area (Å²) < 4.78 is 12.0. The number of carbonyl (C=O) groups is 2. The number of benzene rings is 2. The standard InChI is InChI=1S/C30H40N4O5/c1-5-7-11-19-39-28-24(38-4)20-23(27-25(28)21(6-2)15-17-31-27)34(3)18-12-16-32-30(37)33-26(29(35)36)22-13-9-8-10-14-22/h8-10,13-15,17,20,26H,5-7,11-12,16,18-19H2,1-4H3,(H,35,36)(H2,32,33,37)/t26-/m0/s1. The third kappa shape index (κ3) is 7.75. The van der Waals surface area contributed by atoms with Crippen molar-refractivity contribution >= 4 is 28.6 Å². The zero-order chi connectivity index (χ0) is 28.2. The van der Waals surface area contributed by atoms with Gasteiger partial charge in [-0.1, -0.05) is 57.0 Å². The number of anilines is 1. The Hall–Kier alpha value is -4.01. The van der Waals surface area contributed by atoms with Crippen LogP contribution in [-0.4, -0.2) is 55.9 Å². The van der Waals surface area contributed by atoms with Crippen LogP contribution >= 0.6 is 0 Å². The number of amides is 2. The lowest BCUT2D eigenvalue weighted by Gasteiger charge is -2.24. The van der Waals surface area contributed by atoms with Crippen molar-refractivity contribution in [3.8, 4) is 11.5 Å². The van der Waals surface area contributed by atoms with Gasteiger partial charge in [0.05, 0.1) is 30.3 Å². The van der Waals surface area contributed by atoms with E-state index in [0.717, 1.165) is 53.6 Å². The highest BCUT2D eigenvalue weighted by molar-refractivity contribution is 5.99. The minimum atomic E-state index is -1.12. The number of nitrogens with zero attached hydrogens (tertiary/aromatic N) is 2. The number of pyridine rings is 1. The Kier molecular flexibility index (Phi) is 11.2. The van der Waals surface area contributed by atoms with E-state index in [-0.39, 0.29) is 0 Å². The van der Waals surface area contributed by atoms with Crippen LogP contribution in [0.1, 0.15) is 56.7 Å². The third-order valence-corrected chi connectivity index (χ3v) is 6.62. The largest absolute Gasteiger partial charge is 0.493 e. The van der Waals surface area contributed by atoms with E-state index in [2.05, 4.69) is 29.4 Å². The van der Waals surface area contributed by atoms with Crippen molar-refractivity contribution < 1.29 is 24.2 Å². The van der Waals surface area contributed by atoms with Crippen LogP contribution in [0.2, 0.25) is 0 Å². The van der Waals surface area contributed by atoms with Crippen LogP contribution < -0.4 is 25.0 Å². The smallest absolute Gasteiger partial charge is 0.330 e. The molecular weight excluding hydrogens is 496 g/mol. The number of urea groups is 1. The number of carbonyl (C=O) groups excluding carboxylic acids is 1. The Labute approximate surface area is 230 Å². The van der Waals surface area contributed by atoms with Gasteiger partial charge in [0, 0.05) is 32.4 Å². The Balaban J connectivity index is 1.68. The summed E-state index contributed by atoms with van der Waals surface area (Å²) in [7, 11) is 3.63. The Bertz CT molecular complexity index is 1230. The Morgan fingerprint density at radius 1 is 1.10 bits per heavy atom. The van der Waals surface area contributed by atoms with Crippen LogP contribution in [0.5, 0.6) is 11.5 Å². The first-order valence-electron chi connectivity index (χ1n) is 13.6. The van der Waals surface area contributed by atoms with Gasteiger partial charge < -0.3 is 30.1 Å². The average molecular weight is 537 g/mol. The van der Waals surface area contributed by atoms with Crippen molar-refractivity contribution in [3.63, 3.8) is 0 Å². The minimum Gasteiger partial charge on any atom is -0.493 e. The van der Waals surface area contributed by atoms with Gasteiger partial charge in [0.15, 0.2) is 17.5 Å². The third-order valence-electron chi connectivity index (χ3n) is 6.62. The van der Waals surface area contributed by atoms with Gasteiger partial charge in [-0.05, 0) is 36.5 Å². The second kappa shape index (κ2) is 14.8. The lowest BCUT2D eigenvalue weighted by Crippen LogP contribution is -2.41. The van der Waals surface area contributed by atoms with Crippen molar-refractivity contribution in [2.45, 2.75) is 52.0 Å². The molecule has 9 heteroatoms. The van der Waals surface area contributed by atoms with E-state index in [1.807, 2.05) is 25.4 Å². The van der Waals surface area contributed by atoms with Gasteiger partial charge in [-0.3, -0.25) is 4.98 Å². The van der Waals surface area contributed by atoms with E-state index in [9.17, 15) is 14.7 Å². The average Bonchev–Trinajstić information content (AvgIpc) is 2.95. The maximum Gasteiger partial charge on any atom is 0.330 e. The predicted molar refractivity (Wildman–Crippen MR) is 154 cm³/mol. The second-order valence-corrected chi connectivity index (χ2v) is 9.39. The molecule has 0 aliphatic rings. The monoisotopic (exact) mass is 536 g/mol. The van der Waals surface area contributed by atoms with Gasteiger partial charge in [-0.25, -0.2) is 9.59 Å². The van der Waals surface area contributed by atoms with Gasteiger partial charge >= 0.3 is 12.0 Å². The maximum absolute atomic E-state index is 12.4. The molecular formula is C30H40N4O5. The van der Waals surface area contributed by atoms with Crippen molar-refractivity contribution in [3.05, 3.63) is 59.8 Å². The molecule has 1 heterocycles. The summed E-state index contributed by atoms with van der Waals surface area (Å²) in [6.07, 6.45) is 6.50. The fourth-order valence-electron chi connectivity index (χ4n) is 4.49. The molecule has 0 radical (unpaired) electrons. The number of aromatic nitrogens is 1. The molecule has 0 bridgehead atoms. The topological polar surface area (TPSA) is 113 Å². The highest BCUT2D eigenvalue weighted by Crippen LogP contribution is 2.42. The first-order chi connectivity index (χ1) is 18.9. The van der Waals surface area contributed by atoms with E-state index in [1.165, 1.54) is 0 Å². The summed E-state index contributed by atoms with van der Waals surface area (Å²) in [5.74, 6) is 0.283. The normalized spacial score (nSPS) is 11.6. The highest BCUT2D eigenvalue weighted by Gasteiger charge is 2.22. The second-order valence-electron chi connectivity index (χ2n) is 9.39. The zero-order valence-electron chi connectivity index (χ0n) is 23.3. The van der Waals surface area contributed by atoms with Crippen molar-refractivity contribution in [2.75, 3.05) is 38.8 Å². The van der Waals surface area contributed by atoms with Gasteiger partial charge in [0.1, 0.15) is 0 Å². The number of aryl methyl sites for hydroxylation is 1. The SMILES string of the molecule is CCCCCOc1c(OC)cc(N(C)CCCNC(=O)N[C@H](C(=O)O)c2ccccc2)c2nccc(CC)c12. The molecule has 39 heavy (non-hydrogen) atoms. The van der Waals surface area contributed by atoms with Crippen LogP contribution in [0.25, 0.3) is 10.9 Å². The van der Waals surface area contributed by atoms with Crippen LogP contribution in [-0.2, 0) is 11.2 Å². The molecule has 2 amide bonds. The van der Waals surface area contributed by atoms with Crippen molar-refractivity contribution in [2.24, 2.45) is 0 Å². The Morgan fingerprint density at radius 2 is 1.87 bits per heavy atom. The molecule has 210 valence electrons. The quantitative estimate of drug-likeness (QED) is 0.225. The van der Waals surface area contributed by atoms with Gasteiger partial charge in [0.2, 0.25) is 0 Å². The number of carboxylic acid groups (broad SMARTS) is 1. The molecule has 3 N–H and O–H groups in total. The molecule has 1 aromatic heterocycles. The van der Waals surface area contributed by atoms with E-state index < -0.39 is 18.0 Å². The molecule has 0 saturated carbocycles. The number of rotatable bonds is 15. The number of hydrogen-bond donors (Lipinski definition) is 3. The highest BCUT2D eigenvalue weighted by atomic mass is 16.5. The Morgan fingerprint density at radius 3 is 2.54 bits per heavy atom. The fraction of sp³-hybridized carbons (Fsp3) is 0.433. The van der Waals surface area contributed by atoms with E-state index in [0.29, 0.717) is 37.4 Å². The van der Waals surface area contributed by atoms with Crippen LogP contribution in [0.4, 0.5) is 10.5 Å². The fourth-order valence-corrected chi connectivity index (χ4v) is 4.49. The summed E-state index contributed by atoms with van der Waals surface area (Å²) in [5.41, 5.74) is 3.42. The van der Waals surface area contributed by atoms with Crippen molar-refractivity contribution in [1.29, 1.82) is 0 Å². The number of aliphatic carboxylic acids is 1. The first kappa shape index (κ1) is 29.5. The predicted octanol–water partition coefficient (Wildman–Crippen LogP) is 5.33. The molecule has 0 aliphatic carbocycles. The summed E-state index contributed by atoms with van der Waals surface area (Å²) in [6, 6.07) is 11.0. The first-order valence-corrected chi connectivity index (χ1v) is 13.6. The van der Waals surface area contributed by atoms with Crippen LogP contribution in [0.3, 0.4) is 0 Å². The van der Waals surface area contributed by atoms with E-state index >= 15 is 0 Å². The van der Waals surface area contributed by atoms with Gasteiger partial charge in [0.25, 0.3) is 0 Å². The summed E-state index contributed by atoms with van der Waals surface area (Å²) >= 11 is 0. The molecule has 2 aromatic carbocycles. The lowest BCUT2D eigenvalue weighted by molar-refractivity contribution is -0.139. The number of methoxy groups -OCH3 is 1. The summed E-state index contributed by atoms with van der Waals surface area (Å²) in [5, 5.41) is 15.8. The maximum atomic E-state index is 12.4. The summed E-state index contributed by atoms with van der Waals surface area (Å²) in [4.78, 5) is 30.9. The molecule has 0 saturated heterocycles. The summed E-state index contributed by atoms with van der Waals surface area (Å²) in [6.45, 7) is 5.90. The van der Waals surface area contributed by atoms with Crippen LogP contribution in [0.15, 0.2) is 48.7 Å². The van der Waals surface area contributed by atoms with E-state index in [1.54, 1.807) is 37.4 Å². The number of nitrogens with one attached hydrogen (secondary N) is 2. The van der Waals surface area contributed by atoms with E-state index in [4.69, 9.17) is 14.5 Å².